The first kappa shape index (κ1) is 17.3. The van der Waals surface area contributed by atoms with E-state index in [0.29, 0.717) is 18.5 Å². The monoisotopic (exact) mass is 376 g/mol. The van der Waals surface area contributed by atoms with Crippen molar-refractivity contribution in [2.75, 3.05) is 13.2 Å². The maximum absolute atomic E-state index is 7.37. The summed E-state index contributed by atoms with van der Waals surface area (Å²) in [6.07, 6.45) is 8.00. The Bertz CT molecular complexity index is 1050. The van der Waals surface area contributed by atoms with E-state index in [1.165, 1.54) is 0 Å². The number of para-hydroxylation sites is 1. The van der Waals surface area contributed by atoms with Gasteiger partial charge in [-0.25, -0.2) is 10.5 Å². The van der Waals surface area contributed by atoms with Gasteiger partial charge in [-0.05, 0) is 31.7 Å². The topological polar surface area (TPSA) is 88.2 Å². The van der Waals surface area contributed by atoms with Crippen LogP contribution in [0.15, 0.2) is 47.5 Å². The van der Waals surface area contributed by atoms with E-state index in [1.807, 2.05) is 18.5 Å². The Labute approximate surface area is 163 Å². The molecule has 3 heterocycles. The summed E-state index contributed by atoms with van der Waals surface area (Å²) in [6, 6.07) is 8.63. The second kappa shape index (κ2) is 7.31. The van der Waals surface area contributed by atoms with E-state index in [4.69, 9.17) is 15.3 Å². The molecule has 7 heteroatoms. The number of hydrogen-bond donors (Lipinski definition) is 2. The second-order valence-corrected chi connectivity index (χ2v) is 7.59. The van der Waals surface area contributed by atoms with Crippen molar-refractivity contribution in [1.82, 2.24) is 19.9 Å². The van der Waals surface area contributed by atoms with Crippen LogP contribution in [0.25, 0.3) is 21.9 Å². The van der Waals surface area contributed by atoms with Gasteiger partial charge in [0.2, 0.25) is 0 Å². The number of benzene rings is 1. The van der Waals surface area contributed by atoms with Gasteiger partial charge in [0.15, 0.2) is 0 Å². The fourth-order valence-corrected chi connectivity index (χ4v) is 4.10. The first-order valence-electron chi connectivity index (χ1n) is 9.98. The van der Waals surface area contributed by atoms with E-state index in [9.17, 15) is 0 Å². The number of nitrogens with one attached hydrogen (secondary N) is 2. The van der Waals surface area contributed by atoms with Crippen molar-refractivity contribution in [2.24, 2.45) is 11.0 Å². The molecular formula is C21H24N6O. The molecule has 0 bridgehead atoms. The van der Waals surface area contributed by atoms with Crippen LogP contribution in [0.4, 0.5) is 0 Å². The maximum atomic E-state index is 7.37. The molecule has 144 valence electrons. The molecule has 1 saturated heterocycles. The van der Waals surface area contributed by atoms with Crippen molar-refractivity contribution < 1.29 is 4.74 Å². The lowest BCUT2D eigenvalue weighted by atomic mass is 10.1. The summed E-state index contributed by atoms with van der Waals surface area (Å²) < 4.78 is 7.98. The van der Waals surface area contributed by atoms with E-state index in [-0.39, 0.29) is 0 Å². The molecule has 0 amide bonds. The first-order valence-corrected chi connectivity index (χ1v) is 9.98. The highest BCUT2D eigenvalue weighted by molar-refractivity contribution is 6.02. The number of fused-ring (bicyclic) bond motifs is 3. The third-order valence-electron chi connectivity index (χ3n) is 5.69. The summed E-state index contributed by atoms with van der Waals surface area (Å²) >= 11 is 0. The highest BCUT2D eigenvalue weighted by Gasteiger charge is 2.26. The molecule has 0 unspecified atom stereocenters. The molecule has 2 fully saturated rings. The van der Waals surface area contributed by atoms with Gasteiger partial charge in [-0.15, -0.1) is 0 Å². The highest BCUT2D eigenvalue weighted by Crippen LogP contribution is 2.36. The zero-order valence-corrected chi connectivity index (χ0v) is 15.8. The van der Waals surface area contributed by atoms with Crippen LogP contribution in [-0.4, -0.2) is 27.7 Å². The van der Waals surface area contributed by atoms with Crippen LogP contribution >= 0.6 is 0 Å². The molecule has 1 aliphatic carbocycles. The molecule has 1 aliphatic heterocycles. The van der Waals surface area contributed by atoms with E-state index in [1.54, 1.807) is 0 Å². The van der Waals surface area contributed by atoms with E-state index in [0.717, 1.165) is 72.4 Å². The number of imidazole rings is 1. The third kappa shape index (κ3) is 3.16. The Balaban J connectivity index is 1.57. The van der Waals surface area contributed by atoms with Crippen molar-refractivity contribution >= 4 is 21.9 Å². The molecule has 0 spiro atoms. The van der Waals surface area contributed by atoms with Gasteiger partial charge in [0, 0.05) is 36.8 Å². The Hall–Kier alpha value is -2.80. The molecule has 1 saturated carbocycles. The Morgan fingerprint density at radius 1 is 1.21 bits per heavy atom. The minimum Gasteiger partial charge on any atom is -0.382 e. The van der Waals surface area contributed by atoms with Gasteiger partial charge < -0.3 is 14.6 Å². The molecule has 3 aromatic rings. The molecule has 5 rings (SSSR count). The number of pyridine rings is 1. The summed E-state index contributed by atoms with van der Waals surface area (Å²) in [6.45, 7) is 2.17. The number of allylic oxidation sites excluding steroid dienone is 1. The smallest absolute Gasteiger partial charge is 0.129 e. The van der Waals surface area contributed by atoms with Gasteiger partial charge in [-0.2, -0.15) is 5.11 Å². The van der Waals surface area contributed by atoms with Crippen LogP contribution in [0.2, 0.25) is 0 Å². The Morgan fingerprint density at radius 3 is 2.82 bits per heavy atom. The van der Waals surface area contributed by atoms with Gasteiger partial charge in [0.25, 0.3) is 0 Å². The van der Waals surface area contributed by atoms with E-state index in [2.05, 4.69) is 38.2 Å². The number of aromatic nitrogens is 3. The van der Waals surface area contributed by atoms with Crippen LogP contribution < -0.4 is 5.32 Å². The minimum absolute atomic E-state index is 0.370. The lowest BCUT2D eigenvalue weighted by molar-refractivity contribution is 0.0698. The van der Waals surface area contributed by atoms with Gasteiger partial charge in [0.1, 0.15) is 11.3 Å². The van der Waals surface area contributed by atoms with E-state index < -0.39 is 0 Å². The quantitative estimate of drug-likeness (QED) is 0.628. The van der Waals surface area contributed by atoms with Crippen LogP contribution in [0, 0.1) is 11.4 Å². The third-order valence-corrected chi connectivity index (χ3v) is 5.69. The molecule has 2 aliphatic rings. The second-order valence-electron chi connectivity index (χ2n) is 7.59. The van der Waals surface area contributed by atoms with Crippen molar-refractivity contribution in [3.8, 4) is 0 Å². The molecule has 28 heavy (non-hydrogen) atoms. The summed E-state index contributed by atoms with van der Waals surface area (Å²) in [5.41, 5.74) is 11.3. The summed E-state index contributed by atoms with van der Waals surface area (Å²) in [7, 11) is 0. The fourth-order valence-electron chi connectivity index (χ4n) is 4.10. The number of rotatable bonds is 6. The lowest BCUT2D eigenvalue weighted by Gasteiger charge is -2.26. The van der Waals surface area contributed by atoms with E-state index >= 15 is 0 Å². The fraction of sp³-hybridized carbons (Fsp3) is 0.429. The minimum atomic E-state index is 0.370. The van der Waals surface area contributed by atoms with Crippen LogP contribution in [0.3, 0.4) is 0 Å². The molecule has 0 radical (unpaired) electrons. The molecule has 7 nitrogen and oxygen atoms in total. The standard InChI is InChI=1S/C21H24N6O/c22-26-18(14-5-6-14)11-23-13-20-25-19-12-24-17-4-2-1-3-16(17)21(19)27(20)15-7-9-28-10-8-15/h1-4,11-12,14-15,22-23H,5-10,13H2/b18-11-,26-22?. The maximum Gasteiger partial charge on any atom is 0.129 e. The predicted molar refractivity (Wildman–Crippen MR) is 107 cm³/mol. The highest BCUT2D eigenvalue weighted by atomic mass is 16.5. The average Bonchev–Trinajstić information content (AvgIpc) is 3.52. The van der Waals surface area contributed by atoms with Gasteiger partial charge in [-0.1, -0.05) is 18.2 Å². The molecular weight excluding hydrogens is 352 g/mol. The molecule has 2 N–H and O–H groups in total. The van der Waals surface area contributed by atoms with Gasteiger partial charge in [-0.3, -0.25) is 4.98 Å². The Morgan fingerprint density at radius 2 is 2.04 bits per heavy atom. The number of hydrogen-bond acceptors (Lipinski definition) is 6. The normalized spacial score (nSPS) is 18.6. The van der Waals surface area contributed by atoms with Crippen molar-refractivity contribution in [3.63, 3.8) is 0 Å². The first-order chi connectivity index (χ1) is 13.8. The summed E-state index contributed by atoms with van der Waals surface area (Å²) in [5, 5.41) is 8.16. The molecule has 1 aromatic carbocycles. The number of nitrogens with zero attached hydrogens (tertiary/aromatic N) is 4. The summed E-state index contributed by atoms with van der Waals surface area (Å²) in [5.74, 6) is 1.45. The lowest BCUT2D eigenvalue weighted by Crippen LogP contribution is -2.23. The molecule has 0 atom stereocenters. The SMILES string of the molecule is N=N/C(=C\NCc1nc2cnc3ccccc3c2n1C1CCOCC1)C1CC1. The van der Waals surface area contributed by atoms with Crippen LogP contribution in [0.1, 0.15) is 37.5 Å². The largest absolute Gasteiger partial charge is 0.382 e. The number of ether oxygens (including phenoxy) is 1. The Kier molecular flexibility index (Phi) is 4.52. The van der Waals surface area contributed by atoms with Crippen LogP contribution in [-0.2, 0) is 11.3 Å². The van der Waals surface area contributed by atoms with Crippen LogP contribution in [0.5, 0.6) is 0 Å². The molecule has 2 aromatic heterocycles. The summed E-state index contributed by atoms with van der Waals surface area (Å²) in [4.78, 5) is 9.50. The average molecular weight is 376 g/mol. The van der Waals surface area contributed by atoms with Crippen molar-refractivity contribution in [2.45, 2.75) is 38.3 Å². The van der Waals surface area contributed by atoms with Gasteiger partial charge >= 0.3 is 0 Å². The predicted octanol–water partition coefficient (Wildman–Crippen LogP) is 4.31. The van der Waals surface area contributed by atoms with Crippen molar-refractivity contribution in [1.29, 1.82) is 5.53 Å². The van der Waals surface area contributed by atoms with Crippen molar-refractivity contribution in [3.05, 3.63) is 48.2 Å². The zero-order chi connectivity index (χ0) is 18.9. The van der Waals surface area contributed by atoms with Gasteiger partial charge in [0.05, 0.1) is 29.5 Å². The zero-order valence-electron chi connectivity index (χ0n) is 15.8.